The number of anilines is 3. The van der Waals surface area contributed by atoms with Crippen LogP contribution in [0.5, 0.6) is 0 Å². The number of aromatic nitrogens is 1. The molecule has 0 fully saturated rings. The molecule has 0 bridgehead atoms. The molecule has 0 atom stereocenters. The molecule has 1 heterocycles. The maximum atomic E-state index is 5.78. The molecule has 0 unspecified atom stereocenters. The first-order chi connectivity index (χ1) is 7.25. The third-order valence-corrected chi connectivity index (χ3v) is 2.15. The van der Waals surface area contributed by atoms with E-state index >= 15 is 0 Å². The number of rotatable bonds is 2. The van der Waals surface area contributed by atoms with Crippen molar-refractivity contribution in [2.45, 2.75) is 6.92 Å². The minimum atomic E-state index is 0.652. The fourth-order valence-corrected chi connectivity index (χ4v) is 1.40. The monoisotopic (exact) mass is 199 g/mol. The summed E-state index contributed by atoms with van der Waals surface area (Å²) < 4.78 is 0. The zero-order valence-electron chi connectivity index (χ0n) is 8.57. The predicted octanol–water partition coefficient (Wildman–Crippen LogP) is 2.72. The van der Waals surface area contributed by atoms with Crippen molar-refractivity contribution >= 4 is 17.1 Å². The number of aryl methyl sites for hydroxylation is 1. The molecule has 0 saturated carbocycles. The van der Waals surface area contributed by atoms with Gasteiger partial charge < -0.3 is 11.1 Å². The highest BCUT2D eigenvalue weighted by Gasteiger charge is 1.98. The van der Waals surface area contributed by atoms with Crippen LogP contribution in [0.1, 0.15) is 5.56 Å². The first-order valence-corrected chi connectivity index (χ1v) is 4.79. The minimum absolute atomic E-state index is 0.652. The van der Waals surface area contributed by atoms with Gasteiger partial charge in [0.05, 0.1) is 17.6 Å². The second-order valence-corrected chi connectivity index (χ2v) is 3.46. The molecular weight excluding hydrogens is 186 g/mol. The molecule has 0 saturated heterocycles. The molecule has 0 radical (unpaired) electrons. The quantitative estimate of drug-likeness (QED) is 0.781. The van der Waals surface area contributed by atoms with Gasteiger partial charge in [-0.3, -0.25) is 4.98 Å². The van der Waals surface area contributed by atoms with E-state index in [0.29, 0.717) is 5.69 Å². The van der Waals surface area contributed by atoms with E-state index in [1.54, 1.807) is 12.4 Å². The van der Waals surface area contributed by atoms with E-state index in [2.05, 4.69) is 29.4 Å². The maximum absolute atomic E-state index is 5.78. The van der Waals surface area contributed by atoms with Crippen molar-refractivity contribution in [3.63, 3.8) is 0 Å². The molecular formula is C12H13N3. The normalized spacial score (nSPS) is 9.93. The molecule has 1 aromatic heterocycles. The van der Waals surface area contributed by atoms with E-state index in [-0.39, 0.29) is 0 Å². The SMILES string of the molecule is Cc1cccc(Nc2ccncc2N)c1. The lowest BCUT2D eigenvalue weighted by Crippen LogP contribution is -1.96. The summed E-state index contributed by atoms with van der Waals surface area (Å²) in [6.07, 6.45) is 3.35. The first kappa shape index (κ1) is 9.52. The summed E-state index contributed by atoms with van der Waals surface area (Å²) in [6, 6.07) is 10.0. The minimum Gasteiger partial charge on any atom is -0.396 e. The van der Waals surface area contributed by atoms with Gasteiger partial charge in [-0.1, -0.05) is 12.1 Å². The van der Waals surface area contributed by atoms with Crippen LogP contribution in [0.3, 0.4) is 0 Å². The Kier molecular flexibility index (Phi) is 2.54. The second kappa shape index (κ2) is 4.00. The smallest absolute Gasteiger partial charge is 0.0739 e. The van der Waals surface area contributed by atoms with Crippen LogP contribution in [0.25, 0.3) is 0 Å². The van der Waals surface area contributed by atoms with Crippen molar-refractivity contribution in [3.8, 4) is 0 Å². The lowest BCUT2D eigenvalue weighted by molar-refractivity contribution is 1.33. The van der Waals surface area contributed by atoms with Crippen molar-refractivity contribution in [3.05, 3.63) is 48.3 Å². The molecule has 0 aliphatic rings. The van der Waals surface area contributed by atoms with Gasteiger partial charge in [0.25, 0.3) is 0 Å². The molecule has 3 nitrogen and oxygen atoms in total. The van der Waals surface area contributed by atoms with Crippen LogP contribution in [0.4, 0.5) is 17.1 Å². The number of pyridine rings is 1. The number of hydrogen-bond acceptors (Lipinski definition) is 3. The van der Waals surface area contributed by atoms with Crippen LogP contribution < -0.4 is 11.1 Å². The third-order valence-electron chi connectivity index (χ3n) is 2.15. The highest BCUT2D eigenvalue weighted by Crippen LogP contribution is 2.21. The van der Waals surface area contributed by atoms with Crippen LogP contribution >= 0.6 is 0 Å². The highest BCUT2D eigenvalue weighted by atomic mass is 14.9. The van der Waals surface area contributed by atoms with Gasteiger partial charge in [-0.2, -0.15) is 0 Å². The Morgan fingerprint density at radius 1 is 1.27 bits per heavy atom. The third kappa shape index (κ3) is 2.26. The summed E-state index contributed by atoms with van der Waals surface area (Å²) in [5.74, 6) is 0. The van der Waals surface area contributed by atoms with Crippen molar-refractivity contribution in [1.29, 1.82) is 0 Å². The van der Waals surface area contributed by atoms with E-state index in [4.69, 9.17) is 5.73 Å². The molecule has 76 valence electrons. The Morgan fingerprint density at radius 3 is 2.87 bits per heavy atom. The zero-order valence-corrected chi connectivity index (χ0v) is 8.57. The average molecular weight is 199 g/mol. The molecule has 0 aliphatic carbocycles. The number of nitrogen functional groups attached to an aromatic ring is 1. The number of nitrogens with one attached hydrogen (secondary N) is 1. The van der Waals surface area contributed by atoms with Crippen molar-refractivity contribution in [1.82, 2.24) is 4.98 Å². The van der Waals surface area contributed by atoms with Crippen LogP contribution in [-0.2, 0) is 0 Å². The van der Waals surface area contributed by atoms with E-state index in [0.717, 1.165) is 11.4 Å². The summed E-state index contributed by atoms with van der Waals surface area (Å²) >= 11 is 0. The van der Waals surface area contributed by atoms with Crippen molar-refractivity contribution < 1.29 is 0 Å². The Labute approximate surface area is 89.0 Å². The summed E-state index contributed by atoms with van der Waals surface area (Å²) in [5.41, 5.74) is 9.57. The van der Waals surface area contributed by atoms with Gasteiger partial charge in [-0.05, 0) is 30.7 Å². The summed E-state index contributed by atoms with van der Waals surface area (Å²) in [5, 5.41) is 3.25. The number of nitrogens with two attached hydrogens (primary N) is 1. The van der Waals surface area contributed by atoms with E-state index in [9.17, 15) is 0 Å². The molecule has 3 heteroatoms. The topological polar surface area (TPSA) is 50.9 Å². The lowest BCUT2D eigenvalue weighted by Gasteiger charge is -2.08. The van der Waals surface area contributed by atoms with Gasteiger partial charge in [0.1, 0.15) is 0 Å². The highest BCUT2D eigenvalue weighted by molar-refractivity contribution is 5.71. The molecule has 3 N–H and O–H groups in total. The number of hydrogen-bond donors (Lipinski definition) is 2. The van der Waals surface area contributed by atoms with Crippen LogP contribution in [0.2, 0.25) is 0 Å². The number of benzene rings is 1. The summed E-state index contributed by atoms with van der Waals surface area (Å²) in [7, 11) is 0. The Bertz CT molecular complexity index is 466. The van der Waals surface area contributed by atoms with Crippen LogP contribution in [0, 0.1) is 6.92 Å². The molecule has 2 aromatic rings. The molecule has 1 aromatic carbocycles. The lowest BCUT2D eigenvalue weighted by atomic mass is 10.2. The Morgan fingerprint density at radius 2 is 2.13 bits per heavy atom. The van der Waals surface area contributed by atoms with Crippen molar-refractivity contribution in [2.75, 3.05) is 11.1 Å². The van der Waals surface area contributed by atoms with Gasteiger partial charge in [-0.25, -0.2) is 0 Å². The first-order valence-electron chi connectivity index (χ1n) is 4.79. The summed E-state index contributed by atoms with van der Waals surface area (Å²) in [4.78, 5) is 3.94. The van der Waals surface area contributed by atoms with Crippen molar-refractivity contribution in [2.24, 2.45) is 0 Å². The van der Waals surface area contributed by atoms with E-state index in [1.807, 2.05) is 18.2 Å². The number of nitrogens with zero attached hydrogens (tertiary/aromatic N) is 1. The fraction of sp³-hybridized carbons (Fsp3) is 0.0833. The average Bonchev–Trinajstić information content (AvgIpc) is 2.22. The van der Waals surface area contributed by atoms with Gasteiger partial charge in [-0.15, -0.1) is 0 Å². The van der Waals surface area contributed by atoms with Crippen LogP contribution in [-0.4, -0.2) is 4.98 Å². The van der Waals surface area contributed by atoms with E-state index < -0.39 is 0 Å². The summed E-state index contributed by atoms with van der Waals surface area (Å²) in [6.45, 7) is 2.06. The van der Waals surface area contributed by atoms with Crippen LogP contribution in [0.15, 0.2) is 42.7 Å². The Hall–Kier alpha value is -2.03. The second-order valence-electron chi connectivity index (χ2n) is 3.46. The molecule has 0 aliphatic heterocycles. The molecule has 0 spiro atoms. The van der Waals surface area contributed by atoms with E-state index in [1.165, 1.54) is 5.56 Å². The Balaban J connectivity index is 2.26. The van der Waals surface area contributed by atoms with Gasteiger partial charge in [0, 0.05) is 11.9 Å². The van der Waals surface area contributed by atoms with Gasteiger partial charge >= 0.3 is 0 Å². The van der Waals surface area contributed by atoms with Gasteiger partial charge in [0.2, 0.25) is 0 Å². The molecule has 0 amide bonds. The maximum Gasteiger partial charge on any atom is 0.0739 e. The largest absolute Gasteiger partial charge is 0.396 e. The fourth-order valence-electron chi connectivity index (χ4n) is 1.40. The zero-order chi connectivity index (χ0) is 10.7. The predicted molar refractivity (Wildman–Crippen MR) is 63.1 cm³/mol. The standard InChI is InChI=1S/C12H13N3/c1-9-3-2-4-10(7-9)15-12-5-6-14-8-11(12)13/h2-8H,13H2,1H3,(H,14,15). The molecule has 2 rings (SSSR count). The molecule has 15 heavy (non-hydrogen) atoms. The van der Waals surface area contributed by atoms with Gasteiger partial charge in [0.15, 0.2) is 0 Å².